The zero-order chi connectivity index (χ0) is 35.4. The fourth-order valence-corrected chi connectivity index (χ4v) is 11.1. The first-order valence-corrected chi connectivity index (χ1v) is 20.6. The summed E-state index contributed by atoms with van der Waals surface area (Å²) in [5.41, 5.74) is 2.56. The second kappa shape index (κ2) is 13.6. The number of piperazine rings is 1. The number of carbonyl (C=O) groups excluding carboxylic acids is 2. The predicted molar refractivity (Wildman–Crippen MR) is 201 cm³/mol. The number of carbonyl (C=O) groups is 2. The normalized spacial score (nSPS) is 35.3. The van der Waals surface area contributed by atoms with E-state index in [4.69, 9.17) is 16.3 Å². The highest BCUT2D eigenvalue weighted by molar-refractivity contribution is 7.99. The lowest BCUT2D eigenvalue weighted by atomic mass is 9.62. The van der Waals surface area contributed by atoms with E-state index in [1.807, 2.05) is 32.2 Å². The molecule has 1 saturated heterocycles. The zero-order valence-electron chi connectivity index (χ0n) is 29.8. The zero-order valence-corrected chi connectivity index (χ0v) is 31.4. The first kappa shape index (κ1) is 35.6. The highest BCUT2D eigenvalue weighted by Gasteiger charge is 2.49. The Kier molecular flexibility index (Phi) is 9.71. The Hall–Kier alpha value is -2.79. The highest BCUT2D eigenvalue weighted by Crippen LogP contribution is 2.49. The second-order valence-electron chi connectivity index (χ2n) is 16.1. The van der Waals surface area contributed by atoms with Crippen LogP contribution in [0.3, 0.4) is 0 Å². The first-order valence-electron chi connectivity index (χ1n) is 18.4. The van der Waals surface area contributed by atoms with Crippen LogP contribution in [-0.2, 0) is 26.3 Å². The average Bonchev–Trinajstić information content (AvgIpc) is 3.20. The maximum Gasteiger partial charge on any atom is 0.262 e. The van der Waals surface area contributed by atoms with Crippen LogP contribution < -0.4 is 14.4 Å². The van der Waals surface area contributed by atoms with E-state index in [1.54, 1.807) is 11.0 Å². The molecule has 1 spiro atoms. The molecule has 7 atom stereocenters. The molecule has 2 amide bonds. The molecule has 9 nitrogen and oxygen atoms in total. The van der Waals surface area contributed by atoms with E-state index in [0.29, 0.717) is 51.3 Å². The van der Waals surface area contributed by atoms with Crippen molar-refractivity contribution >= 4 is 44.7 Å². The van der Waals surface area contributed by atoms with Crippen molar-refractivity contribution in [3.63, 3.8) is 0 Å². The summed E-state index contributed by atoms with van der Waals surface area (Å²) in [6.07, 6.45) is 6.98. The van der Waals surface area contributed by atoms with Crippen LogP contribution in [0.15, 0.2) is 36.4 Å². The van der Waals surface area contributed by atoms with Crippen LogP contribution in [-0.4, -0.2) is 101 Å². The summed E-state index contributed by atoms with van der Waals surface area (Å²) in [5.74, 6) is 4.73. The molecule has 0 aromatic heterocycles. The number of benzene rings is 2. The fourth-order valence-electron chi connectivity index (χ4n) is 9.39. The molecule has 2 aromatic rings. The van der Waals surface area contributed by atoms with Gasteiger partial charge in [-0.3, -0.25) is 19.2 Å². The molecule has 272 valence electrons. The predicted octanol–water partition coefficient (Wildman–Crippen LogP) is 4.91. The molecule has 1 saturated carbocycles. The average molecular weight is 725 g/mol. The number of amides is 2. The molecule has 5 aliphatic rings. The van der Waals surface area contributed by atoms with Crippen LogP contribution in [0.4, 0.5) is 5.69 Å². The Bertz CT molecular complexity index is 1750. The number of β-amino-alcohol motifs (C(OH)–C–C–N with tert-alkyl or cyclic N) is 1. The number of nitrogens with one attached hydrogen (secondary N) is 1. The monoisotopic (exact) mass is 724 g/mol. The van der Waals surface area contributed by atoms with E-state index in [1.165, 1.54) is 11.1 Å². The minimum atomic E-state index is -2.98. The first-order chi connectivity index (χ1) is 23.8. The van der Waals surface area contributed by atoms with Gasteiger partial charge in [0.25, 0.3) is 5.91 Å². The van der Waals surface area contributed by atoms with Gasteiger partial charge in [-0.05, 0) is 117 Å². The van der Waals surface area contributed by atoms with Crippen molar-refractivity contribution < 1.29 is 23.6 Å². The molecular weight excluding hydrogens is 672 g/mol. The molecule has 2 aliphatic carbocycles. The number of aryl methyl sites for hydroxylation is 1. The van der Waals surface area contributed by atoms with Gasteiger partial charge in [0.2, 0.25) is 5.91 Å². The molecule has 7 rings (SSSR count). The third kappa shape index (κ3) is 6.77. The van der Waals surface area contributed by atoms with Crippen molar-refractivity contribution in [3.8, 4) is 5.75 Å². The number of halogens is 1. The van der Waals surface area contributed by atoms with E-state index in [2.05, 4.69) is 39.4 Å². The molecule has 2 bridgehead atoms. The van der Waals surface area contributed by atoms with Crippen molar-refractivity contribution in [1.29, 1.82) is 0 Å². The molecule has 1 unspecified atom stereocenters. The Labute approximate surface area is 302 Å². The lowest BCUT2D eigenvalue weighted by molar-refractivity contribution is -0.140. The number of hydrogen-bond acceptors (Lipinski definition) is 7. The number of likely N-dealkylation sites (N-methyl/N-ethyl adjacent to an activating group) is 1. The summed E-state index contributed by atoms with van der Waals surface area (Å²) in [6.45, 7) is 8.05. The van der Waals surface area contributed by atoms with Crippen molar-refractivity contribution in [2.75, 3.05) is 57.8 Å². The summed E-state index contributed by atoms with van der Waals surface area (Å²) < 4.78 is 23.4. The standard InChI is InChI=1S/C39H53ClN4O5S/c1-26-7-5-16-39(47,24-43-18-17-42(3)36(45)22-43)33-12-9-30(33)21-44-23-38(15-6-8-28-19-31(40)11-13-32(28)38)25-49-35-14-10-29(20-34(35)44)37(46)41-50(4,48)27(26)2/h10-11,13-14,19-20,26-27,30,33,47H,4-9,12,15-18,21-25H2,1-3H3,(H,41,46,48)/t26-,27+,30-,33+,38-,39+,50?/m0/s1. The van der Waals surface area contributed by atoms with Crippen LogP contribution >= 0.6 is 11.6 Å². The Morgan fingerprint density at radius 1 is 1.08 bits per heavy atom. The molecule has 3 aliphatic heterocycles. The summed E-state index contributed by atoms with van der Waals surface area (Å²) in [7, 11) is -1.13. The Balaban J connectivity index is 1.28. The SMILES string of the molecule is C=S1(=O)NC(=O)c2ccc3c(c2)N(C[C@@H]2CC[C@H]2[C@](O)(CN2CCN(C)C(=O)C2)CCC[C@H](C)[C@H]1C)C[C@@]1(CCCc2cc(Cl)ccc21)CO3. The van der Waals surface area contributed by atoms with E-state index in [0.717, 1.165) is 68.0 Å². The van der Waals surface area contributed by atoms with Gasteiger partial charge in [-0.15, -0.1) is 0 Å². The molecule has 0 radical (unpaired) electrons. The number of fused-ring (bicyclic) bond motifs is 4. The fraction of sp³-hybridized carbons (Fsp3) is 0.615. The topological polar surface area (TPSA) is 102 Å². The van der Waals surface area contributed by atoms with Crippen LogP contribution in [0.1, 0.15) is 80.3 Å². The lowest BCUT2D eigenvalue weighted by Crippen LogP contribution is -2.59. The molecule has 11 heteroatoms. The molecule has 3 heterocycles. The van der Waals surface area contributed by atoms with Gasteiger partial charge in [0.1, 0.15) is 5.75 Å². The van der Waals surface area contributed by atoms with Gasteiger partial charge in [0.05, 0.1) is 34.1 Å². The van der Waals surface area contributed by atoms with Gasteiger partial charge in [0.15, 0.2) is 0 Å². The quantitative estimate of drug-likeness (QED) is 0.425. The van der Waals surface area contributed by atoms with Crippen molar-refractivity contribution in [2.24, 2.45) is 17.8 Å². The van der Waals surface area contributed by atoms with Crippen molar-refractivity contribution in [2.45, 2.75) is 81.5 Å². The molecular formula is C39H53ClN4O5S. The van der Waals surface area contributed by atoms with E-state index in [9.17, 15) is 18.9 Å². The molecule has 50 heavy (non-hydrogen) atoms. The van der Waals surface area contributed by atoms with Crippen LogP contribution in [0.2, 0.25) is 5.02 Å². The van der Waals surface area contributed by atoms with E-state index in [-0.39, 0.29) is 34.3 Å². The Morgan fingerprint density at radius 2 is 1.90 bits per heavy atom. The number of nitrogens with zero attached hydrogens (tertiary/aromatic N) is 3. The summed E-state index contributed by atoms with van der Waals surface area (Å²) in [6, 6.07) is 11.8. The van der Waals surface area contributed by atoms with Crippen molar-refractivity contribution in [3.05, 3.63) is 58.1 Å². The summed E-state index contributed by atoms with van der Waals surface area (Å²) in [4.78, 5) is 32.7. The minimum absolute atomic E-state index is 0.0141. The lowest BCUT2D eigenvalue weighted by Gasteiger charge is -2.51. The van der Waals surface area contributed by atoms with Gasteiger partial charge in [-0.1, -0.05) is 31.0 Å². The minimum Gasteiger partial charge on any atom is -0.490 e. The summed E-state index contributed by atoms with van der Waals surface area (Å²) >= 11 is 6.47. The Morgan fingerprint density at radius 3 is 2.66 bits per heavy atom. The highest BCUT2D eigenvalue weighted by atomic mass is 35.5. The van der Waals surface area contributed by atoms with Gasteiger partial charge in [0, 0.05) is 61.0 Å². The number of rotatable bonds is 2. The second-order valence-corrected chi connectivity index (χ2v) is 18.9. The maximum atomic E-state index is 13.9. The van der Waals surface area contributed by atoms with Crippen molar-refractivity contribution in [1.82, 2.24) is 14.5 Å². The largest absolute Gasteiger partial charge is 0.490 e. The van der Waals surface area contributed by atoms with Crippen LogP contribution in [0.5, 0.6) is 5.75 Å². The van der Waals surface area contributed by atoms with Gasteiger partial charge in [-0.2, -0.15) is 0 Å². The van der Waals surface area contributed by atoms with Gasteiger partial charge in [-0.25, -0.2) is 4.21 Å². The van der Waals surface area contributed by atoms with Gasteiger partial charge < -0.3 is 19.6 Å². The van der Waals surface area contributed by atoms with E-state index >= 15 is 0 Å². The number of hydrogen-bond donors (Lipinski definition) is 2. The molecule has 2 fully saturated rings. The number of anilines is 1. The smallest absolute Gasteiger partial charge is 0.262 e. The molecule has 2 N–H and O–H groups in total. The summed E-state index contributed by atoms with van der Waals surface area (Å²) in [5, 5.41) is 13.1. The third-order valence-electron chi connectivity index (χ3n) is 12.8. The number of ether oxygens (including phenoxy) is 1. The van der Waals surface area contributed by atoms with Crippen LogP contribution in [0, 0.1) is 17.8 Å². The third-order valence-corrected chi connectivity index (χ3v) is 15.3. The van der Waals surface area contributed by atoms with Gasteiger partial charge >= 0.3 is 0 Å². The molecule has 2 aromatic carbocycles. The van der Waals surface area contributed by atoms with E-state index < -0.39 is 21.2 Å². The maximum absolute atomic E-state index is 13.9. The number of aliphatic hydroxyl groups is 1. The van der Waals surface area contributed by atoms with Crippen LogP contribution in [0.25, 0.3) is 0 Å².